The lowest BCUT2D eigenvalue weighted by Crippen LogP contribution is -2.29. The summed E-state index contributed by atoms with van der Waals surface area (Å²) in [7, 11) is 0. The summed E-state index contributed by atoms with van der Waals surface area (Å²) < 4.78 is 0. The molecule has 0 fully saturated rings. The van der Waals surface area contributed by atoms with Gasteiger partial charge in [-0.15, -0.1) is 0 Å². The molecule has 0 amide bonds. The summed E-state index contributed by atoms with van der Waals surface area (Å²) in [4.78, 5) is 4.32. The zero-order valence-corrected chi connectivity index (χ0v) is 11.6. The van der Waals surface area contributed by atoms with Crippen molar-refractivity contribution in [3.63, 3.8) is 0 Å². The van der Waals surface area contributed by atoms with Crippen molar-refractivity contribution in [3.05, 3.63) is 65.0 Å². The molecule has 0 saturated carbocycles. The highest BCUT2D eigenvalue weighted by Crippen LogP contribution is 2.23. The molecule has 1 atom stereocenters. The minimum absolute atomic E-state index is 0.00984. The number of nitrogens with zero attached hydrogens (tertiary/aromatic N) is 1. The number of nitrogens with two attached hydrogens (primary N) is 1. The Labute approximate surface area is 114 Å². The number of hydrogen-bond acceptors (Lipinski definition) is 3. The molecule has 100 valence electrons. The topological polar surface area (TPSA) is 50.9 Å². The molecule has 0 aliphatic heterocycles. The number of aromatic nitrogens is 1. The summed E-state index contributed by atoms with van der Waals surface area (Å²) in [5, 5.41) is 0. The van der Waals surface area contributed by atoms with Gasteiger partial charge < -0.3 is 0 Å². The first kappa shape index (κ1) is 13.7. The Kier molecular flexibility index (Phi) is 4.66. The van der Waals surface area contributed by atoms with E-state index in [9.17, 15) is 0 Å². The van der Waals surface area contributed by atoms with Gasteiger partial charge in [0.25, 0.3) is 0 Å². The average molecular weight is 255 g/mol. The molecule has 1 heterocycles. The van der Waals surface area contributed by atoms with Gasteiger partial charge in [-0.25, -0.2) is 5.43 Å². The third-order valence-corrected chi connectivity index (χ3v) is 3.38. The van der Waals surface area contributed by atoms with E-state index in [2.05, 4.69) is 47.7 Å². The van der Waals surface area contributed by atoms with Gasteiger partial charge in [0.1, 0.15) is 0 Å². The Morgan fingerprint density at radius 2 is 1.95 bits per heavy atom. The first-order valence-corrected chi connectivity index (χ1v) is 6.72. The minimum atomic E-state index is -0.00984. The fraction of sp³-hybridized carbons (Fsp3) is 0.312. The van der Waals surface area contributed by atoms with Gasteiger partial charge in [0, 0.05) is 11.9 Å². The molecule has 0 radical (unpaired) electrons. The molecule has 0 aliphatic rings. The van der Waals surface area contributed by atoms with Gasteiger partial charge >= 0.3 is 0 Å². The van der Waals surface area contributed by atoms with Gasteiger partial charge in [0.05, 0.1) is 6.04 Å². The molecule has 1 aromatic heterocycles. The Morgan fingerprint density at radius 3 is 2.53 bits per heavy atom. The fourth-order valence-corrected chi connectivity index (χ4v) is 2.33. The SMILES string of the molecule is CCCc1ccc(C(NN)c2cccnc2C)cc1. The van der Waals surface area contributed by atoms with Crippen molar-refractivity contribution >= 4 is 0 Å². The van der Waals surface area contributed by atoms with Gasteiger partial charge in [-0.05, 0) is 36.1 Å². The maximum Gasteiger partial charge on any atom is 0.0727 e. The van der Waals surface area contributed by atoms with Crippen LogP contribution in [0, 0.1) is 6.92 Å². The average Bonchev–Trinajstić information content (AvgIpc) is 2.44. The maximum absolute atomic E-state index is 5.72. The van der Waals surface area contributed by atoms with E-state index in [1.807, 2.05) is 13.0 Å². The van der Waals surface area contributed by atoms with Crippen LogP contribution in [0.1, 0.15) is 41.8 Å². The van der Waals surface area contributed by atoms with Crippen molar-refractivity contribution in [2.75, 3.05) is 0 Å². The van der Waals surface area contributed by atoms with Gasteiger partial charge in [0.2, 0.25) is 0 Å². The van der Waals surface area contributed by atoms with E-state index >= 15 is 0 Å². The molecule has 3 N–H and O–H groups in total. The summed E-state index contributed by atoms with van der Waals surface area (Å²) in [6.07, 6.45) is 4.09. The summed E-state index contributed by atoms with van der Waals surface area (Å²) >= 11 is 0. The lowest BCUT2D eigenvalue weighted by atomic mass is 9.96. The number of benzene rings is 1. The van der Waals surface area contributed by atoms with E-state index in [4.69, 9.17) is 5.84 Å². The molecule has 0 bridgehead atoms. The van der Waals surface area contributed by atoms with E-state index < -0.39 is 0 Å². The summed E-state index contributed by atoms with van der Waals surface area (Å²) in [6, 6.07) is 12.6. The first-order valence-electron chi connectivity index (χ1n) is 6.72. The third-order valence-electron chi connectivity index (χ3n) is 3.38. The maximum atomic E-state index is 5.72. The Hall–Kier alpha value is -1.71. The van der Waals surface area contributed by atoms with Crippen LogP contribution < -0.4 is 11.3 Å². The van der Waals surface area contributed by atoms with Crippen LogP contribution >= 0.6 is 0 Å². The van der Waals surface area contributed by atoms with Crippen LogP contribution in [0.3, 0.4) is 0 Å². The van der Waals surface area contributed by atoms with Gasteiger partial charge in [-0.1, -0.05) is 43.7 Å². The van der Waals surface area contributed by atoms with Crippen molar-refractivity contribution in [3.8, 4) is 0 Å². The molecule has 2 aromatic rings. The third kappa shape index (κ3) is 3.19. The van der Waals surface area contributed by atoms with Crippen LogP contribution in [0.2, 0.25) is 0 Å². The van der Waals surface area contributed by atoms with Crippen LogP contribution in [-0.4, -0.2) is 4.98 Å². The highest BCUT2D eigenvalue weighted by atomic mass is 15.2. The van der Waals surface area contributed by atoms with Crippen LogP contribution in [0.15, 0.2) is 42.6 Å². The molecule has 1 unspecified atom stereocenters. The number of rotatable bonds is 5. The van der Waals surface area contributed by atoms with Gasteiger partial charge in [-0.2, -0.15) is 0 Å². The molecule has 0 spiro atoms. The number of pyridine rings is 1. The summed E-state index contributed by atoms with van der Waals surface area (Å²) in [5.74, 6) is 5.72. The molecule has 0 saturated heterocycles. The smallest absolute Gasteiger partial charge is 0.0727 e. The molecular formula is C16H21N3. The molecule has 2 rings (SSSR count). The van der Waals surface area contributed by atoms with E-state index in [0.717, 1.165) is 17.7 Å². The predicted molar refractivity (Wildman–Crippen MR) is 78.6 cm³/mol. The molecule has 3 nitrogen and oxygen atoms in total. The lowest BCUT2D eigenvalue weighted by Gasteiger charge is -2.18. The molecular weight excluding hydrogens is 234 g/mol. The predicted octanol–water partition coefficient (Wildman–Crippen LogP) is 2.90. The monoisotopic (exact) mass is 255 g/mol. The Balaban J connectivity index is 2.29. The highest BCUT2D eigenvalue weighted by Gasteiger charge is 2.14. The van der Waals surface area contributed by atoms with E-state index in [-0.39, 0.29) is 6.04 Å². The highest BCUT2D eigenvalue weighted by molar-refractivity contribution is 5.35. The van der Waals surface area contributed by atoms with E-state index in [1.54, 1.807) is 6.20 Å². The van der Waals surface area contributed by atoms with Crippen LogP contribution in [0.25, 0.3) is 0 Å². The Bertz CT molecular complexity index is 520. The molecule has 3 heteroatoms. The minimum Gasteiger partial charge on any atom is -0.271 e. The number of nitrogens with one attached hydrogen (secondary N) is 1. The number of hydrazine groups is 1. The normalized spacial score (nSPS) is 12.4. The number of aryl methyl sites for hydroxylation is 2. The van der Waals surface area contributed by atoms with Crippen LogP contribution in [-0.2, 0) is 6.42 Å². The first-order chi connectivity index (χ1) is 9.26. The van der Waals surface area contributed by atoms with E-state index in [1.165, 1.54) is 17.5 Å². The quantitative estimate of drug-likeness (QED) is 0.638. The van der Waals surface area contributed by atoms with Crippen molar-refractivity contribution in [1.82, 2.24) is 10.4 Å². The number of hydrogen-bond donors (Lipinski definition) is 2. The van der Waals surface area contributed by atoms with Crippen molar-refractivity contribution < 1.29 is 0 Å². The zero-order valence-electron chi connectivity index (χ0n) is 11.6. The summed E-state index contributed by atoms with van der Waals surface area (Å²) in [6.45, 7) is 4.20. The van der Waals surface area contributed by atoms with Crippen LogP contribution in [0.5, 0.6) is 0 Å². The van der Waals surface area contributed by atoms with Crippen molar-refractivity contribution in [2.24, 2.45) is 5.84 Å². The fourth-order valence-electron chi connectivity index (χ4n) is 2.33. The summed E-state index contributed by atoms with van der Waals surface area (Å²) in [5.41, 5.74) is 7.54. The van der Waals surface area contributed by atoms with Gasteiger partial charge in [-0.3, -0.25) is 10.8 Å². The molecule has 19 heavy (non-hydrogen) atoms. The standard InChI is InChI=1S/C16H21N3/c1-3-5-13-7-9-14(10-8-13)16(19-17)15-6-4-11-18-12(15)2/h4,6-11,16,19H,3,5,17H2,1-2H3. The largest absolute Gasteiger partial charge is 0.271 e. The second kappa shape index (κ2) is 6.45. The zero-order chi connectivity index (χ0) is 13.7. The van der Waals surface area contributed by atoms with E-state index in [0.29, 0.717) is 0 Å². The second-order valence-corrected chi connectivity index (χ2v) is 4.77. The van der Waals surface area contributed by atoms with Gasteiger partial charge in [0.15, 0.2) is 0 Å². The Morgan fingerprint density at radius 1 is 1.21 bits per heavy atom. The van der Waals surface area contributed by atoms with Crippen molar-refractivity contribution in [1.29, 1.82) is 0 Å². The lowest BCUT2D eigenvalue weighted by molar-refractivity contribution is 0.630. The molecule has 0 aliphatic carbocycles. The van der Waals surface area contributed by atoms with Crippen molar-refractivity contribution in [2.45, 2.75) is 32.7 Å². The second-order valence-electron chi connectivity index (χ2n) is 4.77. The molecule has 1 aromatic carbocycles. The van der Waals surface area contributed by atoms with Crippen LogP contribution in [0.4, 0.5) is 0 Å².